The minimum absolute atomic E-state index is 0.137. The maximum Gasteiger partial charge on any atom is 0.322 e. The first-order valence-corrected chi connectivity index (χ1v) is 13.2. The summed E-state index contributed by atoms with van der Waals surface area (Å²) in [5, 5.41) is 11.2. The van der Waals surface area contributed by atoms with Crippen LogP contribution in [0.1, 0.15) is 58.2 Å². The molecule has 1 heterocycles. The van der Waals surface area contributed by atoms with Gasteiger partial charge in [0, 0.05) is 18.0 Å². The van der Waals surface area contributed by atoms with E-state index in [1.807, 2.05) is 37.3 Å². The van der Waals surface area contributed by atoms with E-state index >= 15 is 0 Å². The van der Waals surface area contributed by atoms with Crippen molar-refractivity contribution in [1.82, 2.24) is 14.7 Å². The number of halogens is 2. The molecule has 0 aliphatic heterocycles. The van der Waals surface area contributed by atoms with Gasteiger partial charge in [-0.1, -0.05) is 81.9 Å². The van der Waals surface area contributed by atoms with Crippen LogP contribution < -0.4 is 10.6 Å². The number of unbranched alkanes of at least 4 members (excludes halogenated alkanes) is 2. The fourth-order valence-electron chi connectivity index (χ4n) is 3.76. The van der Waals surface area contributed by atoms with Gasteiger partial charge >= 0.3 is 6.03 Å². The number of aromatic nitrogens is 2. The van der Waals surface area contributed by atoms with E-state index in [2.05, 4.69) is 38.3 Å². The molecule has 0 saturated carbocycles. The predicted molar refractivity (Wildman–Crippen MR) is 152 cm³/mol. The maximum absolute atomic E-state index is 13.2. The molecule has 0 aliphatic carbocycles. The molecule has 3 rings (SSSR count). The molecular weight excluding hydrogens is 509 g/mol. The number of amides is 3. The lowest BCUT2D eigenvalue weighted by Crippen LogP contribution is -2.41. The molecule has 37 heavy (non-hydrogen) atoms. The van der Waals surface area contributed by atoms with Crippen molar-refractivity contribution < 1.29 is 9.59 Å². The lowest BCUT2D eigenvalue weighted by atomic mass is 9.92. The fraction of sp³-hybridized carbons (Fsp3) is 0.393. The molecule has 0 saturated heterocycles. The van der Waals surface area contributed by atoms with Crippen LogP contribution in [0, 0.1) is 6.92 Å². The predicted octanol–water partition coefficient (Wildman–Crippen LogP) is 7.45. The zero-order valence-corrected chi connectivity index (χ0v) is 23.6. The molecule has 2 N–H and O–H groups in total. The largest absolute Gasteiger partial charge is 0.322 e. The highest BCUT2D eigenvalue weighted by Crippen LogP contribution is 2.30. The Bertz CT molecular complexity index is 1230. The van der Waals surface area contributed by atoms with Crippen LogP contribution >= 0.6 is 23.2 Å². The molecule has 0 unspecified atom stereocenters. The molecule has 0 fully saturated rings. The third-order valence-electron chi connectivity index (χ3n) is 5.84. The summed E-state index contributed by atoms with van der Waals surface area (Å²) in [6.45, 7) is 10.6. The van der Waals surface area contributed by atoms with E-state index in [1.165, 1.54) is 4.90 Å². The van der Waals surface area contributed by atoms with Crippen LogP contribution in [0.15, 0.2) is 48.5 Å². The van der Waals surface area contributed by atoms with E-state index in [0.29, 0.717) is 28.1 Å². The second-order valence-electron chi connectivity index (χ2n) is 10.1. The Morgan fingerprint density at radius 3 is 2.30 bits per heavy atom. The summed E-state index contributed by atoms with van der Waals surface area (Å²) in [5.41, 5.74) is 2.88. The van der Waals surface area contributed by atoms with Crippen LogP contribution in [0.5, 0.6) is 0 Å². The van der Waals surface area contributed by atoms with Gasteiger partial charge in [0.15, 0.2) is 0 Å². The van der Waals surface area contributed by atoms with E-state index in [4.69, 9.17) is 28.3 Å². The number of hydrogen-bond acceptors (Lipinski definition) is 3. The number of para-hydroxylation sites is 1. The number of benzene rings is 2. The number of carbonyl (C=O) groups is 2. The first-order valence-electron chi connectivity index (χ1n) is 12.5. The normalized spacial score (nSPS) is 11.3. The highest BCUT2D eigenvalue weighted by molar-refractivity contribution is 6.39. The van der Waals surface area contributed by atoms with Gasteiger partial charge < -0.3 is 15.5 Å². The Hall–Kier alpha value is -3.03. The summed E-state index contributed by atoms with van der Waals surface area (Å²) < 4.78 is 1.73. The fourth-order valence-corrected chi connectivity index (χ4v) is 4.25. The van der Waals surface area contributed by atoms with Crippen LogP contribution in [-0.4, -0.2) is 39.7 Å². The molecule has 2 aromatic carbocycles. The molecule has 7 nitrogen and oxygen atoms in total. The van der Waals surface area contributed by atoms with Gasteiger partial charge in [0.05, 0.1) is 27.1 Å². The van der Waals surface area contributed by atoms with Crippen LogP contribution in [0.2, 0.25) is 10.0 Å². The van der Waals surface area contributed by atoms with Gasteiger partial charge in [0.25, 0.3) is 0 Å². The van der Waals surface area contributed by atoms with E-state index in [9.17, 15) is 9.59 Å². The lowest BCUT2D eigenvalue weighted by molar-refractivity contribution is -0.116. The monoisotopic (exact) mass is 543 g/mol. The second-order valence-corrected chi connectivity index (χ2v) is 10.9. The van der Waals surface area contributed by atoms with E-state index in [0.717, 1.165) is 36.2 Å². The summed E-state index contributed by atoms with van der Waals surface area (Å²) in [6, 6.07) is 14.4. The third-order valence-corrected chi connectivity index (χ3v) is 6.47. The maximum atomic E-state index is 13.2. The molecule has 0 radical (unpaired) electrons. The molecule has 0 aliphatic rings. The van der Waals surface area contributed by atoms with Gasteiger partial charge in [-0.15, -0.1) is 0 Å². The van der Waals surface area contributed by atoms with Gasteiger partial charge in [-0.05, 0) is 43.2 Å². The zero-order valence-electron chi connectivity index (χ0n) is 22.1. The van der Waals surface area contributed by atoms with Crippen molar-refractivity contribution in [1.29, 1.82) is 0 Å². The molecule has 0 bridgehead atoms. The lowest BCUT2D eigenvalue weighted by Gasteiger charge is -2.23. The number of hydrogen-bond donors (Lipinski definition) is 2. The molecular formula is C28H35Cl2N5O2. The Kier molecular flexibility index (Phi) is 9.62. The van der Waals surface area contributed by atoms with Crippen molar-refractivity contribution in [2.45, 2.75) is 59.3 Å². The third kappa shape index (κ3) is 7.73. The number of rotatable bonds is 9. The molecule has 3 amide bonds. The molecule has 9 heteroatoms. The Labute approximate surface area is 229 Å². The summed E-state index contributed by atoms with van der Waals surface area (Å²) in [6.07, 6.45) is 2.69. The summed E-state index contributed by atoms with van der Waals surface area (Å²) in [5.74, 6) is 0.217. The molecule has 3 aromatic rings. The quantitative estimate of drug-likeness (QED) is 0.275. The van der Waals surface area contributed by atoms with Crippen molar-refractivity contribution in [3.05, 3.63) is 69.8 Å². The van der Waals surface area contributed by atoms with E-state index in [1.54, 1.807) is 22.9 Å². The van der Waals surface area contributed by atoms with Gasteiger partial charge in [0.2, 0.25) is 5.91 Å². The summed E-state index contributed by atoms with van der Waals surface area (Å²) in [7, 11) is 0. The van der Waals surface area contributed by atoms with Crippen LogP contribution in [0.3, 0.4) is 0 Å². The minimum atomic E-state index is -0.441. The zero-order chi connectivity index (χ0) is 27.2. The summed E-state index contributed by atoms with van der Waals surface area (Å²) in [4.78, 5) is 27.9. The SMILES string of the molecule is CCCCCN(CC(=O)Nc1cc(C(C)(C)C)nn1-c1cccc(C)c1)C(=O)Nc1c(Cl)cccc1Cl. The second kappa shape index (κ2) is 12.5. The van der Waals surface area contributed by atoms with Crippen molar-refractivity contribution >= 4 is 46.6 Å². The molecule has 0 spiro atoms. The average molecular weight is 545 g/mol. The molecule has 0 atom stereocenters. The van der Waals surface area contributed by atoms with Crippen LogP contribution in [0.25, 0.3) is 5.69 Å². The number of nitrogens with one attached hydrogen (secondary N) is 2. The van der Waals surface area contributed by atoms with Gasteiger partial charge in [-0.25, -0.2) is 9.48 Å². The van der Waals surface area contributed by atoms with E-state index in [-0.39, 0.29) is 17.9 Å². The number of carbonyl (C=O) groups excluding carboxylic acids is 2. The minimum Gasteiger partial charge on any atom is -0.315 e. The van der Waals surface area contributed by atoms with Gasteiger partial charge in [-0.2, -0.15) is 5.10 Å². The Morgan fingerprint density at radius 1 is 1.00 bits per heavy atom. The van der Waals surface area contributed by atoms with Crippen molar-refractivity contribution in [2.75, 3.05) is 23.7 Å². The number of nitrogens with zero attached hydrogens (tertiary/aromatic N) is 3. The summed E-state index contributed by atoms with van der Waals surface area (Å²) >= 11 is 12.5. The van der Waals surface area contributed by atoms with Crippen molar-refractivity contribution in [3.8, 4) is 5.69 Å². The molecule has 1 aromatic heterocycles. The Morgan fingerprint density at radius 2 is 1.68 bits per heavy atom. The number of urea groups is 1. The Balaban J connectivity index is 1.83. The standard InChI is InChI=1S/C28H35Cl2N5O2/c1-6-7-8-15-34(27(37)32-26-21(29)13-10-14-22(26)30)18-25(36)31-24-17-23(28(3,4)5)33-35(24)20-12-9-11-19(2)16-20/h9-14,16-17H,6-8,15,18H2,1-5H3,(H,31,36)(H,32,37). The highest BCUT2D eigenvalue weighted by Gasteiger charge is 2.24. The van der Waals surface area contributed by atoms with Gasteiger partial charge in [-0.3, -0.25) is 4.79 Å². The van der Waals surface area contributed by atoms with Crippen LogP contribution in [-0.2, 0) is 10.2 Å². The number of aryl methyl sites for hydroxylation is 1. The molecule has 198 valence electrons. The first kappa shape index (κ1) is 28.5. The first-order chi connectivity index (χ1) is 17.5. The number of anilines is 2. The van der Waals surface area contributed by atoms with Crippen molar-refractivity contribution in [3.63, 3.8) is 0 Å². The highest BCUT2D eigenvalue weighted by atomic mass is 35.5. The van der Waals surface area contributed by atoms with Crippen LogP contribution in [0.4, 0.5) is 16.3 Å². The van der Waals surface area contributed by atoms with Gasteiger partial charge in [0.1, 0.15) is 12.4 Å². The average Bonchev–Trinajstić information content (AvgIpc) is 3.25. The van der Waals surface area contributed by atoms with E-state index < -0.39 is 6.03 Å². The topological polar surface area (TPSA) is 79.3 Å². The smallest absolute Gasteiger partial charge is 0.315 e. The van der Waals surface area contributed by atoms with Crippen molar-refractivity contribution in [2.24, 2.45) is 0 Å².